The van der Waals surface area contributed by atoms with E-state index < -0.39 is 0 Å². The van der Waals surface area contributed by atoms with E-state index in [4.69, 9.17) is 5.84 Å². The van der Waals surface area contributed by atoms with Gasteiger partial charge in [0.05, 0.1) is 5.92 Å². The highest BCUT2D eigenvalue weighted by Gasteiger charge is 2.40. The number of hydrogen-bond donors (Lipinski definition) is 2. The number of hydrogen-bond acceptors (Lipinski definition) is 3. The average Bonchev–Trinajstić information content (AvgIpc) is 2.67. The molecule has 2 amide bonds. The second kappa shape index (κ2) is 5.18. The van der Waals surface area contributed by atoms with Gasteiger partial charge in [-0.2, -0.15) is 0 Å². The van der Waals surface area contributed by atoms with Gasteiger partial charge in [-0.15, -0.1) is 0 Å². The zero-order chi connectivity index (χ0) is 13.1. The third kappa shape index (κ3) is 2.36. The molecule has 1 aliphatic heterocycles. The first-order chi connectivity index (χ1) is 8.63. The van der Waals surface area contributed by atoms with E-state index in [-0.39, 0.29) is 23.7 Å². The minimum Gasteiger partial charge on any atom is -0.337 e. The fourth-order valence-electron chi connectivity index (χ4n) is 2.31. The van der Waals surface area contributed by atoms with Crippen LogP contribution >= 0.6 is 0 Å². The van der Waals surface area contributed by atoms with Gasteiger partial charge in [0, 0.05) is 19.0 Å². The summed E-state index contributed by atoms with van der Waals surface area (Å²) in [4.78, 5) is 25.3. The quantitative estimate of drug-likeness (QED) is 0.457. The van der Waals surface area contributed by atoms with E-state index in [1.165, 1.54) is 0 Å². The van der Waals surface area contributed by atoms with Crippen LogP contribution in [-0.4, -0.2) is 23.3 Å². The SMILES string of the molecule is CC1C(=O)N(Cc2ccccc2)CC1C(=O)NN. The summed E-state index contributed by atoms with van der Waals surface area (Å²) in [7, 11) is 0. The molecule has 0 spiro atoms. The minimum atomic E-state index is -0.355. The molecule has 3 N–H and O–H groups in total. The van der Waals surface area contributed by atoms with E-state index in [1.54, 1.807) is 11.8 Å². The number of carbonyl (C=O) groups is 2. The maximum atomic E-state index is 12.0. The fraction of sp³-hybridized carbons (Fsp3) is 0.385. The molecule has 1 aliphatic rings. The number of amides is 2. The third-order valence-electron chi connectivity index (χ3n) is 3.42. The van der Waals surface area contributed by atoms with Gasteiger partial charge in [0.15, 0.2) is 0 Å². The van der Waals surface area contributed by atoms with Crippen LogP contribution in [0.15, 0.2) is 30.3 Å². The Morgan fingerprint density at radius 2 is 2.11 bits per heavy atom. The average molecular weight is 247 g/mol. The molecule has 0 aromatic heterocycles. The Bertz CT molecular complexity index is 447. The number of nitrogens with one attached hydrogen (secondary N) is 1. The molecule has 0 bridgehead atoms. The summed E-state index contributed by atoms with van der Waals surface area (Å²) < 4.78 is 0. The molecule has 5 nitrogen and oxygen atoms in total. The predicted molar refractivity (Wildman–Crippen MR) is 66.8 cm³/mol. The van der Waals surface area contributed by atoms with Gasteiger partial charge in [0.25, 0.3) is 0 Å². The van der Waals surface area contributed by atoms with Crippen LogP contribution in [-0.2, 0) is 16.1 Å². The molecule has 0 radical (unpaired) electrons. The summed E-state index contributed by atoms with van der Waals surface area (Å²) in [6, 6.07) is 9.73. The van der Waals surface area contributed by atoms with Crippen LogP contribution in [0.1, 0.15) is 12.5 Å². The molecule has 5 heteroatoms. The van der Waals surface area contributed by atoms with Crippen LogP contribution < -0.4 is 11.3 Å². The first-order valence-corrected chi connectivity index (χ1v) is 5.96. The molecule has 0 saturated carbocycles. The van der Waals surface area contributed by atoms with Crippen LogP contribution in [0.3, 0.4) is 0 Å². The fourth-order valence-corrected chi connectivity index (χ4v) is 2.31. The summed E-state index contributed by atoms with van der Waals surface area (Å²) in [5.41, 5.74) is 3.19. The first-order valence-electron chi connectivity index (χ1n) is 5.96. The molecule has 2 atom stereocenters. The van der Waals surface area contributed by atoms with E-state index in [2.05, 4.69) is 5.43 Å². The van der Waals surface area contributed by atoms with Crippen molar-refractivity contribution in [3.63, 3.8) is 0 Å². The van der Waals surface area contributed by atoms with Gasteiger partial charge in [-0.3, -0.25) is 15.0 Å². The van der Waals surface area contributed by atoms with Crippen molar-refractivity contribution in [3.8, 4) is 0 Å². The molecule has 2 unspecified atom stereocenters. The maximum absolute atomic E-state index is 12.0. The molecular formula is C13H17N3O2. The molecule has 96 valence electrons. The molecule has 0 aliphatic carbocycles. The number of carbonyl (C=O) groups excluding carboxylic acids is 2. The topological polar surface area (TPSA) is 75.4 Å². The van der Waals surface area contributed by atoms with Crippen molar-refractivity contribution in [1.82, 2.24) is 10.3 Å². The Hall–Kier alpha value is -1.88. The van der Waals surface area contributed by atoms with Crippen LogP contribution in [0, 0.1) is 11.8 Å². The molecule has 1 fully saturated rings. The number of nitrogens with two attached hydrogens (primary N) is 1. The summed E-state index contributed by atoms with van der Waals surface area (Å²) in [6.07, 6.45) is 0. The largest absolute Gasteiger partial charge is 0.337 e. The Balaban J connectivity index is 2.07. The van der Waals surface area contributed by atoms with Gasteiger partial charge < -0.3 is 4.90 Å². The lowest BCUT2D eigenvalue weighted by Crippen LogP contribution is -2.38. The van der Waals surface area contributed by atoms with Crippen molar-refractivity contribution in [2.45, 2.75) is 13.5 Å². The van der Waals surface area contributed by atoms with Crippen LogP contribution in [0.2, 0.25) is 0 Å². The van der Waals surface area contributed by atoms with E-state index in [1.807, 2.05) is 30.3 Å². The van der Waals surface area contributed by atoms with Crippen LogP contribution in [0.5, 0.6) is 0 Å². The number of nitrogens with zero attached hydrogens (tertiary/aromatic N) is 1. The minimum absolute atomic E-state index is 0.00690. The summed E-state index contributed by atoms with van der Waals surface area (Å²) in [6.45, 7) is 2.74. The van der Waals surface area contributed by atoms with Gasteiger partial charge in [0.1, 0.15) is 0 Å². The van der Waals surface area contributed by atoms with E-state index in [9.17, 15) is 9.59 Å². The van der Waals surface area contributed by atoms with Crippen molar-refractivity contribution in [2.75, 3.05) is 6.54 Å². The Kier molecular flexibility index (Phi) is 3.62. The zero-order valence-electron chi connectivity index (χ0n) is 10.3. The monoisotopic (exact) mass is 247 g/mol. The maximum Gasteiger partial charge on any atom is 0.239 e. The number of benzene rings is 1. The molecule has 1 heterocycles. The molecular weight excluding hydrogens is 230 g/mol. The van der Waals surface area contributed by atoms with Gasteiger partial charge in [0.2, 0.25) is 11.8 Å². The highest BCUT2D eigenvalue weighted by atomic mass is 16.2. The third-order valence-corrected chi connectivity index (χ3v) is 3.42. The summed E-state index contributed by atoms with van der Waals surface area (Å²) in [5, 5.41) is 0. The van der Waals surface area contributed by atoms with Crippen LogP contribution in [0.25, 0.3) is 0 Å². The van der Waals surface area contributed by atoms with Gasteiger partial charge in [-0.05, 0) is 5.56 Å². The molecule has 1 aromatic carbocycles. The van der Waals surface area contributed by atoms with Gasteiger partial charge >= 0.3 is 0 Å². The molecule has 1 aromatic rings. The Morgan fingerprint density at radius 1 is 1.44 bits per heavy atom. The van der Waals surface area contributed by atoms with Crippen LogP contribution in [0.4, 0.5) is 0 Å². The van der Waals surface area contributed by atoms with Gasteiger partial charge in [-0.1, -0.05) is 37.3 Å². The number of hydrazine groups is 1. The lowest BCUT2D eigenvalue weighted by atomic mass is 9.97. The smallest absolute Gasteiger partial charge is 0.239 e. The van der Waals surface area contributed by atoms with E-state index in [0.29, 0.717) is 13.1 Å². The van der Waals surface area contributed by atoms with Crippen molar-refractivity contribution < 1.29 is 9.59 Å². The molecule has 18 heavy (non-hydrogen) atoms. The Morgan fingerprint density at radius 3 is 2.72 bits per heavy atom. The second-order valence-electron chi connectivity index (χ2n) is 4.61. The highest BCUT2D eigenvalue weighted by molar-refractivity contribution is 5.90. The van der Waals surface area contributed by atoms with Crippen molar-refractivity contribution in [3.05, 3.63) is 35.9 Å². The summed E-state index contributed by atoms with van der Waals surface area (Å²) in [5.74, 6) is 4.20. The highest BCUT2D eigenvalue weighted by Crippen LogP contribution is 2.25. The van der Waals surface area contributed by atoms with Crippen molar-refractivity contribution in [1.29, 1.82) is 0 Å². The number of likely N-dealkylation sites (tertiary alicyclic amines) is 1. The predicted octanol–water partition coefficient (Wildman–Crippen LogP) is 0.271. The zero-order valence-corrected chi connectivity index (χ0v) is 10.3. The van der Waals surface area contributed by atoms with Crippen molar-refractivity contribution in [2.24, 2.45) is 17.7 Å². The lowest BCUT2D eigenvalue weighted by molar-refractivity contribution is -0.133. The Labute approximate surface area is 106 Å². The van der Waals surface area contributed by atoms with E-state index in [0.717, 1.165) is 5.56 Å². The first kappa shape index (κ1) is 12.6. The lowest BCUT2D eigenvalue weighted by Gasteiger charge is -2.16. The molecule has 2 rings (SSSR count). The van der Waals surface area contributed by atoms with Crippen molar-refractivity contribution >= 4 is 11.8 Å². The van der Waals surface area contributed by atoms with Gasteiger partial charge in [-0.25, -0.2) is 5.84 Å². The van der Waals surface area contributed by atoms with E-state index >= 15 is 0 Å². The summed E-state index contributed by atoms with van der Waals surface area (Å²) >= 11 is 0. The molecule has 1 saturated heterocycles. The second-order valence-corrected chi connectivity index (χ2v) is 4.61. The normalized spacial score (nSPS) is 23.2. The number of rotatable bonds is 3. The standard InChI is InChI=1S/C13H17N3O2/c1-9-11(12(17)15-14)8-16(13(9)18)7-10-5-3-2-4-6-10/h2-6,9,11H,7-8,14H2,1H3,(H,15,17).